The van der Waals surface area contributed by atoms with E-state index in [4.69, 9.17) is 18.5 Å². The van der Waals surface area contributed by atoms with Gasteiger partial charge in [-0.05, 0) is 6.42 Å². The molecule has 2 N–H and O–H groups in total. The van der Waals surface area contributed by atoms with Crippen LogP contribution >= 0.6 is 7.82 Å². The average molecular weight is 513 g/mol. The summed E-state index contributed by atoms with van der Waals surface area (Å²) in [6.07, 6.45) is 15.7. The van der Waals surface area contributed by atoms with E-state index in [0.717, 1.165) is 12.8 Å². The van der Waals surface area contributed by atoms with E-state index in [0.29, 0.717) is 17.6 Å². The molecule has 0 saturated carbocycles. The smallest absolute Gasteiger partial charge is 0.388 e. The number of phosphoric ester groups is 1. The van der Waals surface area contributed by atoms with E-state index < -0.39 is 13.9 Å². The number of nitrogens with zero attached hydrogens (tertiary/aromatic N) is 1. The van der Waals surface area contributed by atoms with Crippen molar-refractivity contribution >= 4 is 7.82 Å². The van der Waals surface area contributed by atoms with Crippen LogP contribution < -0.4 is 0 Å². The molecular formula is C25H55NO7P+. The highest BCUT2D eigenvalue weighted by molar-refractivity contribution is 7.47. The Morgan fingerprint density at radius 2 is 1.32 bits per heavy atom. The van der Waals surface area contributed by atoms with Gasteiger partial charge in [-0.3, -0.25) is 9.05 Å². The molecule has 3 atom stereocenters. The predicted octanol–water partition coefficient (Wildman–Crippen LogP) is 5.31. The van der Waals surface area contributed by atoms with Crippen LogP contribution in [0.4, 0.5) is 0 Å². The summed E-state index contributed by atoms with van der Waals surface area (Å²) in [5.74, 6) is 0. The van der Waals surface area contributed by atoms with E-state index in [1.54, 1.807) is 7.11 Å². The summed E-state index contributed by atoms with van der Waals surface area (Å²) < 4.78 is 33.3. The van der Waals surface area contributed by atoms with Crippen molar-refractivity contribution in [1.82, 2.24) is 0 Å². The summed E-state index contributed by atoms with van der Waals surface area (Å²) in [6, 6.07) is 0. The minimum absolute atomic E-state index is 0.0111. The third-order valence-electron chi connectivity index (χ3n) is 5.77. The molecule has 8 nitrogen and oxygen atoms in total. The Kier molecular flexibility index (Phi) is 21.0. The minimum Gasteiger partial charge on any atom is -0.388 e. The fourth-order valence-electron chi connectivity index (χ4n) is 3.51. The fourth-order valence-corrected chi connectivity index (χ4v) is 4.26. The second-order valence-electron chi connectivity index (χ2n) is 10.3. The fraction of sp³-hybridized carbons (Fsp3) is 1.00. The lowest BCUT2D eigenvalue weighted by atomic mass is 10.0. The number of rotatable bonds is 25. The highest BCUT2D eigenvalue weighted by Gasteiger charge is 2.24. The van der Waals surface area contributed by atoms with E-state index in [2.05, 4.69) is 6.92 Å². The van der Waals surface area contributed by atoms with E-state index in [1.807, 2.05) is 21.1 Å². The molecule has 0 spiro atoms. The van der Waals surface area contributed by atoms with Crippen LogP contribution in [0.5, 0.6) is 0 Å². The van der Waals surface area contributed by atoms with Crippen LogP contribution in [0.1, 0.15) is 90.4 Å². The van der Waals surface area contributed by atoms with Crippen LogP contribution in [0.3, 0.4) is 0 Å². The number of likely N-dealkylation sites (N-methyl/N-ethyl adjacent to an activating group) is 1. The number of aliphatic hydroxyl groups is 1. The van der Waals surface area contributed by atoms with Crippen molar-refractivity contribution in [3.63, 3.8) is 0 Å². The van der Waals surface area contributed by atoms with Gasteiger partial charge in [-0.2, -0.15) is 0 Å². The largest absolute Gasteiger partial charge is 0.472 e. The Balaban J connectivity index is 3.70. The molecule has 0 aliphatic heterocycles. The van der Waals surface area contributed by atoms with Crippen molar-refractivity contribution in [3.05, 3.63) is 0 Å². The van der Waals surface area contributed by atoms with Gasteiger partial charge >= 0.3 is 7.82 Å². The van der Waals surface area contributed by atoms with Crippen LogP contribution in [-0.4, -0.2) is 87.9 Å². The second kappa shape index (κ2) is 21.1. The zero-order chi connectivity index (χ0) is 25.7. The number of methoxy groups -OCH3 is 1. The normalized spacial score (nSPS) is 15.9. The average Bonchev–Trinajstić information content (AvgIpc) is 2.76. The zero-order valence-corrected chi connectivity index (χ0v) is 23.6. The van der Waals surface area contributed by atoms with Crippen LogP contribution in [-0.2, 0) is 23.1 Å². The van der Waals surface area contributed by atoms with Gasteiger partial charge in [-0.15, -0.1) is 0 Å². The van der Waals surface area contributed by atoms with Gasteiger partial charge in [0.1, 0.15) is 19.3 Å². The summed E-state index contributed by atoms with van der Waals surface area (Å²) in [6.45, 7) is 2.98. The number of ether oxygens (including phenoxy) is 2. The summed E-state index contributed by atoms with van der Waals surface area (Å²) in [5.41, 5.74) is 0. The van der Waals surface area contributed by atoms with Crippen molar-refractivity contribution in [2.75, 3.05) is 61.2 Å². The lowest BCUT2D eigenvalue weighted by Gasteiger charge is -2.24. The second-order valence-corrected chi connectivity index (χ2v) is 11.8. The van der Waals surface area contributed by atoms with Gasteiger partial charge in [-0.1, -0.05) is 84.0 Å². The van der Waals surface area contributed by atoms with Gasteiger partial charge in [0.05, 0.1) is 47.1 Å². The molecule has 0 fully saturated rings. The summed E-state index contributed by atoms with van der Waals surface area (Å²) in [5, 5.41) is 9.96. The number of hydrogen-bond donors (Lipinski definition) is 2. The van der Waals surface area contributed by atoms with Crippen molar-refractivity contribution in [3.8, 4) is 0 Å². The van der Waals surface area contributed by atoms with Crippen molar-refractivity contribution < 1.29 is 37.6 Å². The zero-order valence-electron chi connectivity index (χ0n) is 22.7. The highest BCUT2D eigenvalue weighted by atomic mass is 31.2. The Hall–Kier alpha value is -0.0500. The molecule has 0 amide bonds. The summed E-state index contributed by atoms with van der Waals surface area (Å²) in [7, 11) is 3.37. The maximum Gasteiger partial charge on any atom is 0.472 e. The number of quaternary nitrogens is 1. The number of unbranched alkanes of at least 4 members (excludes halogenated alkanes) is 11. The molecule has 0 radical (unpaired) electrons. The summed E-state index contributed by atoms with van der Waals surface area (Å²) in [4.78, 5) is 9.68. The maximum absolute atomic E-state index is 11.9. The van der Waals surface area contributed by atoms with Gasteiger partial charge in [0.2, 0.25) is 0 Å². The molecule has 0 rings (SSSR count). The molecule has 34 heavy (non-hydrogen) atoms. The molecule has 0 aromatic rings. The molecule has 9 heteroatoms. The standard InChI is InChI=1S/C25H54NO7P/c1-6-7-8-9-10-11-12-13-14-15-16-17-18-25(30-5)23-31-21-24(27)22-33-34(28,29)32-20-19-26(2,3)4/h24-25,27H,6-23H2,1-5H3/p+1/t24-,25?/m1/s1. The molecular weight excluding hydrogens is 457 g/mol. The van der Waals surface area contributed by atoms with E-state index in [-0.39, 0.29) is 25.9 Å². The van der Waals surface area contributed by atoms with Crippen molar-refractivity contribution in [2.45, 2.75) is 103 Å². The molecule has 0 saturated heterocycles. The first-order valence-corrected chi connectivity index (χ1v) is 14.8. The molecule has 0 heterocycles. The molecule has 0 aliphatic rings. The summed E-state index contributed by atoms with van der Waals surface area (Å²) >= 11 is 0. The maximum atomic E-state index is 11.9. The molecule has 206 valence electrons. The van der Waals surface area contributed by atoms with Gasteiger partial charge in [-0.25, -0.2) is 4.57 Å². The van der Waals surface area contributed by atoms with E-state index in [9.17, 15) is 14.6 Å². The van der Waals surface area contributed by atoms with Crippen LogP contribution in [0, 0.1) is 0 Å². The number of phosphoric acid groups is 1. The van der Waals surface area contributed by atoms with Gasteiger partial charge in [0.15, 0.2) is 0 Å². The Bertz CT molecular complexity index is 502. The first-order valence-electron chi connectivity index (χ1n) is 13.3. The molecule has 0 bridgehead atoms. The lowest BCUT2D eigenvalue weighted by Crippen LogP contribution is -2.37. The Morgan fingerprint density at radius 3 is 1.82 bits per heavy atom. The first kappa shape index (κ1) is 34.0. The van der Waals surface area contributed by atoms with Crippen molar-refractivity contribution in [2.24, 2.45) is 0 Å². The SMILES string of the molecule is CCCCCCCCCCCCCCC(COC[C@@H](O)COP(=O)(O)OCC[N+](C)(C)C)OC. The predicted molar refractivity (Wildman–Crippen MR) is 138 cm³/mol. The van der Waals surface area contributed by atoms with Gasteiger partial charge < -0.3 is 24.0 Å². The monoisotopic (exact) mass is 512 g/mol. The molecule has 0 aromatic carbocycles. The highest BCUT2D eigenvalue weighted by Crippen LogP contribution is 2.43. The number of aliphatic hydroxyl groups excluding tert-OH is 1. The molecule has 2 unspecified atom stereocenters. The third-order valence-corrected chi connectivity index (χ3v) is 6.76. The first-order chi connectivity index (χ1) is 16.1. The van der Waals surface area contributed by atoms with E-state index in [1.165, 1.54) is 70.6 Å². The Labute approximate surface area is 209 Å². The third kappa shape index (κ3) is 23.7. The number of hydrogen-bond acceptors (Lipinski definition) is 6. The van der Waals surface area contributed by atoms with Crippen LogP contribution in [0.2, 0.25) is 0 Å². The van der Waals surface area contributed by atoms with Gasteiger partial charge in [0.25, 0.3) is 0 Å². The van der Waals surface area contributed by atoms with Gasteiger partial charge in [0, 0.05) is 7.11 Å². The van der Waals surface area contributed by atoms with Crippen LogP contribution in [0.15, 0.2) is 0 Å². The molecule has 0 aromatic heterocycles. The lowest BCUT2D eigenvalue weighted by molar-refractivity contribution is -0.870. The minimum atomic E-state index is -4.18. The Morgan fingerprint density at radius 1 is 0.794 bits per heavy atom. The van der Waals surface area contributed by atoms with Crippen LogP contribution in [0.25, 0.3) is 0 Å². The molecule has 0 aliphatic carbocycles. The quantitative estimate of drug-likeness (QED) is 0.0972. The van der Waals surface area contributed by atoms with Crippen molar-refractivity contribution in [1.29, 1.82) is 0 Å². The van der Waals surface area contributed by atoms with E-state index >= 15 is 0 Å². The topological polar surface area (TPSA) is 94.5 Å².